The average molecular weight is 437 g/mol. The molecule has 6 heteroatoms. The van der Waals surface area contributed by atoms with Gasteiger partial charge in [0.1, 0.15) is 11.4 Å². The van der Waals surface area contributed by atoms with E-state index < -0.39 is 11.0 Å². The standard InChI is InChI=1S/C26H32N2O4/c1-19(29)32-26-13-12-22(28(3)24(31)20-8-5-4-6-9-20)17-25(26,14-15-27(2)18-26)21-10-7-11-23(30)16-21/h4-11,16,22,30H,12-15,17-18H2,1-3H3/t22-,25?,26?/m0/s1. The lowest BCUT2D eigenvalue weighted by Crippen LogP contribution is -2.68. The lowest BCUT2D eigenvalue weighted by molar-refractivity contribution is -0.187. The number of likely N-dealkylation sites (N-methyl/N-ethyl adjacent to an activating group) is 1. The van der Waals surface area contributed by atoms with E-state index in [1.165, 1.54) is 6.92 Å². The summed E-state index contributed by atoms with van der Waals surface area (Å²) in [6.07, 6.45) is 2.86. The van der Waals surface area contributed by atoms with Crippen molar-refractivity contribution in [2.24, 2.45) is 0 Å². The Balaban J connectivity index is 1.75. The van der Waals surface area contributed by atoms with Crippen LogP contribution in [0.1, 0.15) is 48.5 Å². The molecule has 2 aliphatic rings. The molecule has 0 spiro atoms. The minimum Gasteiger partial charge on any atom is -0.508 e. The molecular formula is C26H32N2O4. The molecule has 2 aromatic rings. The largest absolute Gasteiger partial charge is 0.508 e. The Bertz CT molecular complexity index is 994. The van der Waals surface area contributed by atoms with Gasteiger partial charge in [-0.3, -0.25) is 9.59 Å². The number of benzene rings is 2. The van der Waals surface area contributed by atoms with Gasteiger partial charge in [0.2, 0.25) is 0 Å². The lowest BCUT2D eigenvalue weighted by Gasteiger charge is -2.59. The average Bonchev–Trinajstić information content (AvgIpc) is 2.77. The molecule has 0 aromatic heterocycles. The van der Waals surface area contributed by atoms with E-state index in [4.69, 9.17) is 4.74 Å². The van der Waals surface area contributed by atoms with Crippen LogP contribution < -0.4 is 0 Å². The van der Waals surface area contributed by atoms with Crippen LogP contribution in [0.25, 0.3) is 0 Å². The first-order valence-corrected chi connectivity index (χ1v) is 11.3. The van der Waals surface area contributed by atoms with E-state index in [0.717, 1.165) is 24.9 Å². The van der Waals surface area contributed by atoms with Crippen molar-refractivity contribution in [1.82, 2.24) is 9.80 Å². The number of piperidine rings is 1. The Morgan fingerprint density at radius 3 is 2.56 bits per heavy atom. The van der Waals surface area contributed by atoms with Crippen LogP contribution in [-0.4, -0.2) is 65.6 Å². The van der Waals surface area contributed by atoms with Crippen LogP contribution >= 0.6 is 0 Å². The second-order valence-electron chi connectivity index (χ2n) is 9.39. The first-order valence-electron chi connectivity index (χ1n) is 11.3. The number of phenols is 1. The van der Waals surface area contributed by atoms with Gasteiger partial charge >= 0.3 is 5.97 Å². The van der Waals surface area contributed by atoms with Gasteiger partial charge in [-0.1, -0.05) is 30.3 Å². The number of hydrogen-bond donors (Lipinski definition) is 1. The van der Waals surface area contributed by atoms with E-state index in [-0.39, 0.29) is 23.7 Å². The Labute approximate surface area is 189 Å². The van der Waals surface area contributed by atoms with Gasteiger partial charge in [-0.05, 0) is 69.1 Å². The van der Waals surface area contributed by atoms with Crippen LogP contribution in [0, 0.1) is 0 Å². The van der Waals surface area contributed by atoms with Gasteiger partial charge in [0.05, 0.1) is 0 Å². The molecule has 3 atom stereocenters. The molecule has 1 aliphatic heterocycles. The van der Waals surface area contributed by atoms with Gasteiger partial charge in [0, 0.05) is 37.5 Å². The monoisotopic (exact) mass is 436 g/mol. The zero-order chi connectivity index (χ0) is 22.9. The van der Waals surface area contributed by atoms with Crippen LogP contribution in [0.2, 0.25) is 0 Å². The molecule has 1 amide bonds. The van der Waals surface area contributed by atoms with Crippen molar-refractivity contribution in [3.63, 3.8) is 0 Å². The van der Waals surface area contributed by atoms with E-state index in [1.807, 2.05) is 54.4 Å². The highest BCUT2D eigenvalue weighted by molar-refractivity contribution is 5.94. The number of rotatable bonds is 4. The minimum absolute atomic E-state index is 0.00264. The smallest absolute Gasteiger partial charge is 0.303 e. The van der Waals surface area contributed by atoms with Crippen LogP contribution in [0.5, 0.6) is 5.75 Å². The van der Waals surface area contributed by atoms with Crippen LogP contribution in [0.4, 0.5) is 0 Å². The zero-order valence-corrected chi connectivity index (χ0v) is 19.1. The number of phenolic OH excluding ortho intramolecular Hbond substituents is 1. The number of likely N-dealkylation sites (tertiary alicyclic amines) is 1. The van der Waals surface area contributed by atoms with Crippen molar-refractivity contribution in [2.75, 3.05) is 27.2 Å². The molecule has 32 heavy (non-hydrogen) atoms. The molecule has 170 valence electrons. The highest BCUT2D eigenvalue weighted by Crippen LogP contribution is 2.54. The minimum atomic E-state index is -0.702. The van der Waals surface area contributed by atoms with Crippen LogP contribution in [0.3, 0.4) is 0 Å². The normalized spacial score (nSPS) is 27.9. The van der Waals surface area contributed by atoms with Crippen LogP contribution in [-0.2, 0) is 14.9 Å². The van der Waals surface area contributed by atoms with Crippen molar-refractivity contribution in [3.05, 3.63) is 65.7 Å². The van der Waals surface area contributed by atoms with Gasteiger partial charge < -0.3 is 19.6 Å². The molecule has 1 N–H and O–H groups in total. The molecule has 2 unspecified atom stereocenters. The Hall–Kier alpha value is -2.86. The number of carbonyl (C=O) groups is 2. The summed E-state index contributed by atoms with van der Waals surface area (Å²) in [7, 11) is 3.92. The van der Waals surface area contributed by atoms with Gasteiger partial charge in [0.25, 0.3) is 5.91 Å². The summed E-state index contributed by atoms with van der Waals surface area (Å²) < 4.78 is 6.16. The molecule has 2 aromatic carbocycles. The maximum Gasteiger partial charge on any atom is 0.303 e. The number of amides is 1. The van der Waals surface area contributed by atoms with Crippen molar-refractivity contribution >= 4 is 11.9 Å². The van der Waals surface area contributed by atoms with Gasteiger partial charge in [0.15, 0.2) is 0 Å². The number of fused-ring (bicyclic) bond motifs is 1. The van der Waals surface area contributed by atoms with E-state index in [0.29, 0.717) is 24.9 Å². The summed E-state index contributed by atoms with van der Waals surface area (Å²) >= 11 is 0. The molecular weight excluding hydrogens is 404 g/mol. The van der Waals surface area contributed by atoms with E-state index >= 15 is 0 Å². The summed E-state index contributed by atoms with van der Waals surface area (Å²) in [5, 5.41) is 10.3. The Morgan fingerprint density at radius 1 is 1.12 bits per heavy atom. The molecule has 1 heterocycles. The van der Waals surface area contributed by atoms with Crippen molar-refractivity contribution in [2.45, 2.75) is 49.7 Å². The second kappa shape index (κ2) is 8.58. The Kier molecular flexibility index (Phi) is 5.99. The molecule has 2 fully saturated rings. The van der Waals surface area contributed by atoms with Crippen LogP contribution in [0.15, 0.2) is 54.6 Å². The predicted molar refractivity (Wildman–Crippen MR) is 123 cm³/mol. The molecule has 1 aliphatic carbocycles. The first-order chi connectivity index (χ1) is 15.3. The summed E-state index contributed by atoms with van der Waals surface area (Å²) in [5.74, 6) is -0.102. The maximum atomic E-state index is 13.2. The number of ether oxygens (including phenoxy) is 1. The second-order valence-corrected chi connectivity index (χ2v) is 9.39. The highest BCUT2D eigenvalue weighted by Gasteiger charge is 2.61. The first kappa shape index (κ1) is 22.3. The van der Waals surface area contributed by atoms with E-state index in [9.17, 15) is 14.7 Å². The molecule has 6 nitrogen and oxygen atoms in total. The number of carbonyl (C=O) groups excluding carboxylic acids is 2. The summed E-state index contributed by atoms with van der Waals surface area (Å²) in [5.41, 5.74) is 0.448. The third-order valence-corrected chi connectivity index (χ3v) is 7.41. The number of esters is 1. The third kappa shape index (κ3) is 3.88. The lowest BCUT2D eigenvalue weighted by atomic mass is 9.55. The summed E-state index contributed by atoms with van der Waals surface area (Å²) in [6, 6.07) is 16.6. The SMILES string of the molecule is CC(=O)OC12CC[C@H](N(C)C(=O)c3ccccc3)CC1(c1cccc(O)c1)CCN(C)C2. The fraction of sp³-hybridized carbons (Fsp3) is 0.462. The maximum absolute atomic E-state index is 13.2. The molecule has 0 radical (unpaired) electrons. The highest BCUT2D eigenvalue weighted by atomic mass is 16.6. The van der Waals surface area contributed by atoms with Gasteiger partial charge in [-0.2, -0.15) is 0 Å². The number of nitrogens with zero attached hydrogens (tertiary/aromatic N) is 2. The molecule has 1 saturated heterocycles. The summed E-state index contributed by atoms with van der Waals surface area (Å²) in [4.78, 5) is 29.5. The molecule has 1 saturated carbocycles. The fourth-order valence-corrected chi connectivity index (χ4v) is 5.85. The van der Waals surface area contributed by atoms with Gasteiger partial charge in [-0.15, -0.1) is 0 Å². The zero-order valence-electron chi connectivity index (χ0n) is 19.1. The number of hydrogen-bond acceptors (Lipinski definition) is 5. The van der Waals surface area contributed by atoms with Gasteiger partial charge in [-0.25, -0.2) is 0 Å². The Morgan fingerprint density at radius 2 is 1.88 bits per heavy atom. The predicted octanol–water partition coefficient (Wildman–Crippen LogP) is 3.59. The molecule has 4 rings (SSSR count). The van der Waals surface area contributed by atoms with Crippen molar-refractivity contribution in [1.29, 1.82) is 0 Å². The topological polar surface area (TPSA) is 70.1 Å². The third-order valence-electron chi connectivity index (χ3n) is 7.41. The fourth-order valence-electron chi connectivity index (χ4n) is 5.85. The quantitative estimate of drug-likeness (QED) is 0.742. The molecule has 0 bridgehead atoms. The van der Waals surface area contributed by atoms with E-state index in [2.05, 4.69) is 11.9 Å². The van der Waals surface area contributed by atoms with E-state index in [1.54, 1.807) is 12.1 Å². The number of aromatic hydroxyl groups is 1. The van der Waals surface area contributed by atoms with Crippen molar-refractivity contribution in [3.8, 4) is 5.75 Å². The van der Waals surface area contributed by atoms with Crippen molar-refractivity contribution < 1.29 is 19.4 Å². The summed E-state index contributed by atoms with van der Waals surface area (Å²) in [6.45, 7) is 2.95.